The summed E-state index contributed by atoms with van der Waals surface area (Å²) in [6.45, 7) is 6.77. The summed E-state index contributed by atoms with van der Waals surface area (Å²) in [4.78, 5) is 13.9. The standard InChI is InChI=1S/C15H22N6/c1-10(2)21-11-3-4-12(21)8-20(6-5-11)15-13-7-18-19-14(13)16-9-17-15/h7,9-12H,3-6,8H2,1-2H3,(H,16,17,18,19). The van der Waals surface area contributed by atoms with Gasteiger partial charge in [-0.15, -0.1) is 0 Å². The third-order valence-corrected chi connectivity index (χ3v) is 4.96. The fourth-order valence-corrected chi connectivity index (χ4v) is 4.15. The van der Waals surface area contributed by atoms with E-state index < -0.39 is 0 Å². The molecule has 4 heterocycles. The largest absolute Gasteiger partial charge is 0.354 e. The monoisotopic (exact) mass is 286 g/mol. The number of nitrogens with one attached hydrogen (secondary N) is 1. The van der Waals surface area contributed by atoms with Crippen LogP contribution in [0, 0.1) is 0 Å². The van der Waals surface area contributed by atoms with Gasteiger partial charge in [0.25, 0.3) is 0 Å². The van der Waals surface area contributed by atoms with Gasteiger partial charge in [0.15, 0.2) is 5.65 Å². The summed E-state index contributed by atoms with van der Waals surface area (Å²) in [5.74, 6) is 1.03. The van der Waals surface area contributed by atoms with E-state index in [0.717, 1.165) is 36.0 Å². The molecule has 2 saturated heterocycles. The van der Waals surface area contributed by atoms with Crippen LogP contribution < -0.4 is 4.90 Å². The van der Waals surface area contributed by atoms with Crippen molar-refractivity contribution in [2.75, 3.05) is 18.0 Å². The first kappa shape index (κ1) is 13.0. The van der Waals surface area contributed by atoms with Gasteiger partial charge in [0.2, 0.25) is 0 Å². The number of H-pyrrole nitrogens is 1. The highest BCUT2D eigenvalue weighted by Gasteiger charge is 2.38. The number of rotatable bonds is 2. The van der Waals surface area contributed by atoms with Crippen LogP contribution in [0.2, 0.25) is 0 Å². The zero-order valence-electron chi connectivity index (χ0n) is 12.7. The Morgan fingerprint density at radius 1 is 1.19 bits per heavy atom. The Morgan fingerprint density at radius 2 is 2.05 bits per heavy atom. The van der Waals surface area contributed by atoms with E-state index >= 15 is 0 Å². The maximum absolute atomic E-state index is 4.53. The van der Waals surface area contributed by atoms with Crippen molar-refractivity contribution >= 4 is 16.9 Å². The van der Waals surface area contributed by atoms with Crippen molar-refractivity contribution in [3.63, 3.8) is 0 Å². The Balaban J connectivity index is 1.67. The molecule has 1 N–H and O–H groups in total. The molecule has 2 aromatic rings. The number of hydrogen-bond donors (Lipinski definition) is 1. The predicted molar refractivity (Wildman–Crippen MR) is 82.3 cm³/mol. The zero-order chi connectivity index (χ0) is 14.4. The molecule has 0 amide bonds. The van der Waals surface area contributed by atoms with E-state index in [4.69, 9.17) is 0 Å². The number of aromatic nitrogens is 4. The highest BCUT2D eigenvalue weighted by molar-refractivity contribution is 5.86. The normalized spacial score (nSPS) is 26.7. The summed E-state index contributed by atoms with van der Waals surface area (Å²) < 4.78 is 0. The number of aromatic amines is 1. The molecule has 2 aliphatic heterocycles. The maximum atomic E-state index is 4.53. The fraction of sp³-hybridized carbons (Fsp3) is 0.667. The van der Waals surface area contributed by atoms with E-state index in [1.165, 1.54) is 19.3 Å². The van der Waals surface area contributed by atoms with Crippen LogP contribution in [0.5, 0.6) is 0 Å². The number of anilines is 1. The van der Waals surface area contributed by atoms with Gasteiger partial charge in [0.05, 0.1) is 11.6 Å². The highest BCUT2D eigenvalue weighted by Crippen LogP contribution is 2.34. The van der Waals surface area contributed by atoms with Gasteiger partial charge in [0, 0.05) is 31.2 Å². The van der Waals surface area contributed by atoms with Gasteiger partial charge < -0.3 is 4.90 Å². The summed E-state index contributed by atoms with van der Waals surface area (Å²) in [6, 6.07) is 2.01. The quantitative estimate of drug-likeness (QED) is 0.912. The van der Waals surface area contributed by atoms with Crippen LogP contribution in [0.3, 0.4) is 0 Å². The number of hydrogen-bond acceptors (Lipinski definition) is 5. The van der Waals surface area contributed by atoms with Gasteiger partial charge in [-0.05, 0) is 33.1 Å². The van der Waals surface area contributed by atoms with Gasteiger partial charge in [-0.3, -0.25) is 10.00 Å². The van der Waals surface area contributed by atoms with Gasteiger partial charge in [-0.1, -0.05) is 0 Å². The lowest BCUT2D eigenvalue weighted by Gasteiger charge is -2.32. The minimum absolute atomic E-state index is 0.627. The SMILES string of the molecule is CC(C)N1C2CCC1CN(c1ncnc3[nH]ncc13)CC2. The molecule has 2 aromatic heterocycles. The summed E-state index contributed by atoms with van der Waals surface area (Å²) in [5, 5.41) is 8.08. The molecule has 6 heteroatoms. The van der Waals surface area contributed by atoms with Crippen molar-refractivity contribution in [3.8, 4) is 0 Å². The molecule has 2 unspecified atom stereocenters. The van der Waals surface area contributed by atoms with Crippen LogP contribution in [0.25, 0.3) is 11.0 Å². The summed E-state index contributed by atoms with van der Waals surface area (Å²) in [6.07, 6.45) is 7.35. The molecular formula is C15H22N6. The molecule has 2 bridgehead atoms. The summed E-state index contributed by atoms with van der Waals surface area (Å²) in [7, 11) is 0. The second kappa shape index (κ2) is 4.94. The molecule has 0 saturated carbocycles. The molecular weight excluding hydrogens is 264 g/mol. The molecule has 112 valence electrons. The van der Waals surface area contributed by atoms with Crippen LogP contribution in [0.1, 0.15) is 33.1 Å². The van der Waals surface area contributed by atoms with Crippen molar-refractivity contribution in [2.24, 2.45) is 0 Å². The third kappa shape index (κ3) is 2.09. The molecule has 2 atom stereocenters. The Labute approximate surface area is 124 Å². The van der Waals surface area contributed by atoms with E-state index in [0.29, 0.717) is 12.1 Å². The fourth-order valence-electron chi connectivity index (χ4n) is 4.15. The first-order chi connectivity index (χ1) is 10.2. The average Bonchev–Trinajstić information content (AvgIpc) is 3.02. The molecule has 0 spiro atoms. The van der Waals surface area contributed by atoms with Crippen LogP contribution >= 0.6 is 0 Å². The van der Waals surface area contributed by atoms with Gasteiger partial charge in [-0.25, -0.2) is 9.97 Å². The minimum Gasteiger partial charge on any atom is -0.354 e. The minimum atomic E-state index is 0.627. The van der Waals surface area contributed by atoms with E-state index in [1.807, 2.05) is 6.20 Å². The maximum Gasteiger partial charge on any atom is 0.160 e. The molecule has 0 radical (unpaired) electrons. The second-order valence-electron chi connectivity index (χ2n) is 6.49. The number of nitrogens with zero attached hydrogens (tertiary/aromatic N) is 5. The van der Waals surface area contributed by atoms with Crippen molar-refractivity contribution in [1.82, 2.24) is 25.1 Å². The highest BCUT2D eigenvalue weighted by atomic mass is 15.3. The van der Waals surface area contributed by atoms with Crippen molar-refractivity contribution < 1.29 is 0 Å². The van der Waals surface area contributed by atoms with Gasteiger partial charge in [0.1, 0.15) is 12.1 Å². The summed E-state index contributed by atoms with van der Waals surface area (Å²) in [5.41, 5.74) is 0.829. The first-order valence-electron chi connectivity index (χ1n) is 7.90. The van der Waals surface area contributed by atoms with Crippen LogP contribution in [0.4, 0.5) is 5.82 Å². The molecule has 21 heavy (non-hydrogen) atoms. The number of fused-ring (bicyclic) bond motifs is 3. The Hall–Kier alpha value is -1.69. The lowest BCUT2D eigenvalue weighted by Crippen LogP contribution is -2.43. The smallest absolute Gasteiger partial charge is 0.160 e. The van der Waals surface area contributed by atoms with Gasteiger partial charge >= 0.3 is 0 Å². The lowest BCUT2D eigenvalue weighted by atomic mass is 10.1. The molecule has 6 nitrogen and oxygen atoms in total. The molecule has 2 fully saturated rings. The van der Waals surface area contributed by atoms with E-state index in [1.54, 1.807) is 6.33 Å². The van der Waals surface area contributed by atoms with Crippen molar-refractivity contribution in [1.29, 1.82) is 0 Å². The lowest BCUT2D eigenvalue weighted by molar-refractivity contribution is 0.158. The summed E-state index contributed by atoms with van der Waals surface area (Å²) >= 11 is 0. The molecule has 2 aliphatic rings. The van der Waals surface area contributed by atoms with Crippen molar-refractivity contribution in [2.45, 2.75) is 51.2 Å². The van der Waals surface area contributed by atoms with E-state index in [2.05, 4.69) is 43.8 Å². The zero-order valence-corrected chi connectivity index (χ0v) is 12.7. The average molecular weight is 286 g/mol. The van der Waals surface area contributed by atoms with Crippen LogP contribution in [0.15, 0.2) is 12.5 Å². The second-order valence-corrected chi connectivity index (χ2v) is 6.49. The first-order valence-corrected chi connectivity index (χ1v) is 7.90. The predicted octanol–water partition coefficient (Wildman–Crippen LogP) is 1.80. The Kier molecular flexibility index (Phi) is 3.06. The van der Waals surface area contributed by atoms with E-state index in [9.17, 15) is 0 Å². The Bertz CT molecular complexity index is 636. The van der Waals surface area contributed by atoms with Gasteiger partial charge in [-0.2, -0.15) is 5.10 Å². The molecule has 4 rings (SSSR count). The van der Waals surface area contributed by atoms with Crippen LogP contribution in [-0.4, -0.2) is 56.3 Å². The molecule has 0 aromatic carbocycles. The van der Waals surface area contributed by atoms with Crippen molar-refractivity contribution in [3.05, 3.63) is 12.5 Å². The van der Waals surface area contributed by atoms with Crippen LogP contribution in [-0.2, 0) is 0 Å². The topological polar surface area (TPSA) is 60.9 Å². The third-order valence-electron chi connectivity index (χ3n) is 4.96. The van der Waals surface area contributed by atoms with E-state index in [-0.39, 0.29) is 0 Å². The Morgan fingerprint density at radius 3 is 2.90 bits per heavy atom. The molecule has 0 aliphatic carbocycles.